The topological polar surface area (TPSA) is 103 Å². The number of halogens is 1. The molecule has 2 aromatic carbocycles. The van der Waals surface area contributed by atoms with E-state index in [1.807, 2.05) is 0 Å². The molecule has 0 aliphatic heterocycles. The first-order chi connectivity index (χ1) is 12.8. The van der Waals surface area contributed by atoms with E-state index >= 15 is 0 Å². The van der Waals surface area contributed by atoms with E-state index in [1.54, 1.807) is 19.1 Å². The smallest absolute Gasteiger partial charge is 0.288 e. The average Bonchev–Trinajstić information content (AvgIpc) is 2.63. The predicted octanol–water partition coefficient (Wildman–Crippen LogP) is 3.70. The van der Waals surface area contributed by atoms with Crippen LogP contribution in [-0.2, 0) is 0 Å². The Morgan fingerprint density at radius 3 is 2.44 bits per heavy atom. The third-order valence-corrected chi connectivity index (χ3v) is 4.12. The zero-order chi connectivity index (χ0) is 20.1. The largest absolute Gasteiger partial charge is 0.493 e. The van der Waals surface area contributed by atoms with Gasteiger partial charge in [0, 0.05) is 17.3 Å². The number of aryl methyl sites for hydroxylation is 1. The molecule has 0 atom stereocenters. The molecular formula is C17H16ClN3O5S. The summed E-state index contributed by atoms with van der Waals surface area (Å²) in [6.45, 7) is 1.66. The number of amides is 1. The van der Waals surface area contributed by atoms with Crippen molar-refractivity contribution < 1.29 is 19.2 Å². The quantitative estimate of drug-likeness (QED) is 0.441. The van der Waals surface area contributed by atoms with Crippen LogP contribution in [0.5, 0.6) is 11.5 Å². The molecule has 0 saturated carbocycles. The van der Waals surface area contributed by atoms with Crippen LogP contribution < -0.4 is 20.1 Å². The number of thiocarbonyl (C=S) groups is 1. The van der Waals surface area contributed by atoms with Crippen molar-refractivity contribution in [3.05, 3.63) is 56.6 Å². The van der Waals surface area contributed by atoms with Crippen LogP contribution >= 0.6 is 23.8 Å². The van der Waals surface area contributed by atoms with Crippen LogP contribution in [0.4, 0.5) is 11.4 Å². The fourth-order valence-electron chi connectivity index (χ4n) is 2.25. The molecule has 0 spiro atoms. The predicted molar refractivity (Wildman–Crippen MR) is 106 cm³/mol. The van der Waals surface area contributed by atoms with E-state index in [9.17, 15) is 14.9 Å². The third kappa shape index (κ3) is 4.83. The molecule has 142 valence electrons. The molecule has 10 heteroatoms. The van der Waals surface area contributed by atoms with Crippen LogP contribution in [0.15, 0.2) is 30.3 Å². The highest BCUT2D eigenvalue weighted by Crippen LogP contribution is 2.30. The summed E-state index contributed by atoms with van der Waals surface area (Å²) >= 11 is 11.0. The van der Waals surface area contributed by atoms with E-state index in [-0.39, 0.29) is 15.8 Å². The van der Waals surface area contributed by atoms with Crippen molar-refractivity contribution in [2.45, 2.75) is 6.92 Å². The molecule has 2 N–H and O–H groups in total. The molecule has 27 heavy (non-hydrogen) atoms. The number of anilines is 1. The molecule has 0 unspecified atom stereocenters. The number of ether oxygens (including phenoxy) is 2. The zero-order valence-corrected chi connectivity index (χ0v) is 16.2. The Labute approximate surface area is 165 Å². The van der Waals surface area contributed by atoms with Crippen molar-refractivity contribution in [2.75, 3.05) is 19.5 Å². The molecule has 0 saturated heterocycles. The molecular weight excluding hydrogens is 394 g/mol. The number of carbonyl (C=O) groups excluding carboxylic acids is 1. The maximum absolute atomic E-state index is 12.4. The Hall–Kier alpha value is -2.91. The molecule has 0 radical (unpaired) electrons. The number of benzene rings is 2. The van der Waals surface area contributed by atoms with Gasteiger partial charge in [-0.2, -0.15) is 0 Å². The van der Waals surface area contributed by atoms with Gasteiger partial charge in [-0.25, -0.2) is 0 Å². The van der Waals surface area contributed by atoms with Crippen LogP contribution in [0.1, 0.15) is 15.9 Å². The normalized spacial score (nSPS) is 10.1. The van der Waals surface area contributed by atoms with E-state index < -0.39 is 10.8 Å². The SMILES string of the molecule is COc1ccc(C(=O)NC(=S)Nc2cc(Cl)c([N+](=O)[O-])cc2C)cc1OC. The van der Waals surface area contributed by atoms with Crippen molar-refractivity contribution in [3.63, 3.8) is 0 Å². The van der Waals surface area contributed by atoms with Gasteiger partial charge < -0.3 is 14.8 Å². The Balaban J connectivity index is 2.13. The van der Waals surface area contributed by atoms with Crippen LogP contribution in [0.3, 0.4) is 0 Å². The summed E-state index contributed by atoms with van der Waals surface area (Å²) in [5.74, 6) is 0.437. The minimum atomic E-state index is -0.573. The number of hydrogen-bond donors (Lipinski definition) is 2. The number of hydrogen-bond acceptors (Lipinski definition) is 6. The third-order valence-electron chi connectivity index (χ3n) is 3.61. The number of carbonyl (C=O) groups is 1. The lowest BCUT2D eigenvalue weighted by Crippen LogP contribution is -2.34. The van der Waals surface area contributed by atoms with E-state index in [0.29, 0.717) is 28.3 Å². The Morgan fingerprint density at radius 2 is 1.85 bits per heavy atom. The second kappa shape index (κ2) is 8.65. The Kier molecular flexibility index (Phi) is 6.54. The summed E-state index contributed by atoms with van der Waals surface area (Å²) in [5.41, 5.74) is 1.10. The van der Waals surface area contributed by atoms with E-state index in [2.05, 4.69) is 10.6 Å². The van der Waals surface area contributed by atoms with E-state index in [4.69, 9.17) is 33.3 Å². The fourth-order valence-corrected chi connectivity index (χ4v) is 2.68. The number of nitrogens with zero attached hydrogens (tertiary/aromatic N) is 1. The average molecular weight is 410 g/mol. The molecule has 0 aliphatic carbocycles. The zero-order valence-electron chi connectivity index (χ0n) is 14.7. The fraction of sp³-hybridized carbons (Fsp3) is 0.176. The van der Waals surface area contributed by atoms with Gasteiger partial charge in [0.2, 0.25) is 0 Å². The number of nitrogens with one attached hydrogen (secondary N) is 2. The molecule has 2 aromatic rings. The highest BCUT2D eigenvalue weighted by molar-refractivity contribution is 7.80. The Bertz CT molecular complexity index is 920. The van der Waals surface area contributed by atoms with Gasteiger partial charge >= 0.3 is 0 Å². The minimum absolute atomic E-state index is 0.0165. The second-order valence-corrected chi connectivity index (χ2v) is 6.17. The molecule has 0 heterocycles. The number of rotatable bonds is 5. The van der Waals surface area contributed by atoms with Gasteiger partial charge in [0.15, 0.2) is 16.6 Å². The maximum Gasteiger partial charge on any atom is 0.288 e. The molecule has 0 bridgehead atoms. The summed E-state index contributed by atoms with van der Waals surface area (Å²) < 4.78 is 10.3. The van der Waals surface area contributed by atoms with Gasteiger partial charge in [-0.1, -0.05) is 11.6 Å². The standard InChI is InChI=1S/C17H16ClN3O5S/c1-9-6-13(21(23)24)11(18)8-12(9)19-17(27)20-16(22)10-4-5-14(25-2)15(7-10)26-3/h4-8H,1-3H3,(H2,19,20,22,27). The van der Waals surface area contributed by atoms with Gasteiger partial charge in [-0.3, -0.25) is 20.2 Å². The highest BCUT2D eigenvalue weighted by Gasteiger charge is 2.17. The van der Waals surface area contributed by atoms with Crippen LogP contribution in [0, 0.1) is 17.0 Å². The van der Waals surface area contributed by atoms with Crippen molar-refractivity contribution in [1.29, 1.82) is 0 Å². The molecule has 0 fully saturated rings. The number of methoxy groups -OCH3 is 2. The molecule has 2 rings (SSSR count). The summed E-state index contributed by atoms with van der Waals surface area (Å²) in [7, 11) is 2.96. The highest BCUT2D eigenvalue weighted by atomic mass is 35.5. The molecule has 1 amide bonds. The maximum atomic E-state index is 12.4. The first-order valence-electron chi connectivity index (χ1n) is 7.55. The number of nitro benzene ring substituents is 1. The molecule has 8 nitrogen and oxygen atoms in total. The number of nitro groups is 1. The summed E-state index contributed by atoms with van der Waals surface area (Å²) in [6, 6.07) is 7.38. The minimum Gasteiger partial charge on any atom is -0.493 e. The van der Waals surface area contributed by atoms with E-state index in [0.717, 1.165) is 0 Å². The van der Waals surface area contributed by atoms with Crippen molar-refractivity contribution in [1.82, 2.24) is 5.32 Å². The Morgan fingerprint density at radius 1 is 1.19 bits per heavy atom. The summed E-state index contributed by atoms with van der Waals surface area (Å²) in [5, 5.41) is 16.2. The van der Waals surface area contributed by atoms with Gasteiger partial charge in [-0.15, -0.1) is 0 Å². The lowest BCUT2D eigenvalue weighted by atomic mass is 10.1. The van der Waals surface area contributed by atoms with Gasteiger partial charge in [0.05, 0.1) is 19.1 Å². The summed E-state index contributed by atoms with van der Waals surface area (Å²) in [4.78, 5) is 22.7. The van der Waals surface area contributed by atoms with Crippen LogP contribution in [0.2, 0.25) is 5.02 Å². The summed E-state index contributed by atoms with van der Waals surface area (Å²) in [6.07, 6.45) is 0. The van der Waals surface area contributed by atoms with E-state index in [1.165, 1.54) is 32.4 Å². The lowest BCUT2D eigenvalue weighted by molar-refractivity contribution is -0.384. The van der Waals surface area contributed by atoms with Gasteiger partial charge in [0.25, 0.3) is 11.6 Å². The molecule has 0 aliphatic rings. The van der Waals surface area contributed by atoms with Gasteiger partial charge in [0.1, 0.15) is 5.02 Å². The van der Waals surface area contributed by atoms with Crippen molar-refractivity contribution >= 4 is 46.2 Å². The first-order valence-corrected chi connectivity index (χ1v) is 8.34. The van der Waals surface area contributed by atoms with Gasteiger partial charge in [-0.05, 0) is 49.0 Å². The monoisotopic (exact) mass is 409 g/mol. The van der Waals surface area contributed by atoms with Crippen molar-refractivity contribution in [2.24, 2.45) is 0 Å². The second-order valence-electron chi connectivity index (χ2n) is 5.35. The molecule has 0 aromatic heterocycles. The van der Waals surface area contributed by atoms with Crippen LogP contribution in [0.25, 0.3) is 0 Å². The van der Waals surface area contributed by atoms with Crippen molar-refractivity contribution in [3.8, 4) is 11.5 Å². The van der Waals surface area contributed by atoms with Crippen LogP contribution in [-0.4, -0.2) is 30.2 Å². The first kappa shape index (κ1) is 20.4. The lowest BCUT2D eigenvalue weighted by Gasteiger charge is -2.13.